The van der Waals surface area contributed by atoms with Crippen molar-refractivity contribution in [3.63, 3.8) is 0 Å². The molecular formula is C10H8Cl2N4O7. The average molecular weight is 367 g/mol. The van der Waals surface area contributed by atoms with Crippen molar-refractivity contribution in [3.05, 3.63) is 40.4 Å². The first-order chi connectivity index (χ1) is 10.8. The van der Waals surface area contributed by atoms with E-state index >= 15 is 0 Å². The van der Waals surface area contributed by atoms with Gasteiger partial charge in [0.05, 0.1) is 28.0 Å². The van der Waals surface area contributed by atoms with Gasteiger partial charge in [-0.1, -0.05) is 23.2 Å². The minimum Gasteiger partial charge on any atom is -0.378 e. The smallest absolute Gasteiger partial charge is 0.325 e. The van der Waals surface area contributed by atoms with Crippen LogP contribution in [0.15, 0.2) is 0 Å². The van der Waals surface area contributed by atoms with Crippen molar-refractivity contribution in [1.29, 1.82) is 0 Å². The fourth-order valence-corrected chi connectivity index (χ4v) is 2.91. The maximum Gasteiger partial charge on any atom is 0.325 e. The molecule has 0 radical (unpaired) electrons. The molecule has 2 rings (SSSR count). The lowest BCUT2D eigenvalue weighted by molar-refractivity contribution is -0.401. The van der Waals surface area contributed by atoms with Gasteiger partial charge in [-0.25, -0.2) is 0 Å². The van der Waals surface area contributed by atoms with Gasteiger partial charge in [0.1, 0.15) is 0 Å². The predicted molar refractivity (Wildman–Crippen MR) is 79.5 cm³/mol. The molecule has 1 saturated heterocycles. The number of anilines is 1. The number of rotatable bonds is 4. The summed E-state index contributed by atoms with van der Waals surface area (Å²) < 4.78 is 5.09. The molecule has 0 aliphatic carbocycles. The highest BCUT2D eigenvalue weighted by Gasteiger charge is 2.43. The van der Waals surface area contributed by atoms with Gasteiger partial charge in [-0.05, 0) is 0 Å². The lowest BCUT2D eigenvalue weighted by Crippen LogP contribution is -2.37. The van der Waals surface area contributed by atoms with Gasteiger partial charge >= 0.3 is 17.1 Å². The van der Waals surface area contributed by atoms with Gasteiger partial charge in [-0.15, -0.1) is 0 Å². The number of hydrogen-bond donors (Lipinski definition) is 0. The van der Waals surface area contributed by atoms with E-state index in [2.05, 4.69) is 0 Å². The molecule has 0 unspecified atom stereocenters. The summed E-state index contributed by atoms with van der Waals surface area (Å²) in [5, 5.41) is 32.0. The van der Waals surface area contributed by atoms with Crippen LogP contribution in [0.4, 0.5) is 22.7 Å². The molecule has 0 bridgehead atoms. The van der Waals surface area contributed by atoms with Gasteiger partial charge in [0, 0.05) is 13.1 Å². The highest BCUT2D eigenvalue weighted by molar-refractivity contribution is 6.42. The molecule has 1 aliphatic rings. The SMILES string of the molecule is O=[N+]([O-])c1c(Cl)c([N+](=O)[O-])c(N2CCOCC2)c([N+](=O)[O-])c1Cl. The number of nitro groups is 3. The molecule has 1 aromatic rings. The molecule has 13 heteroatoms. The van der Waals surface area contributed by atoms with Crippen molar-refractivity contribution in [2.75, 3.05) is 31.2 Å². The number of nitro benzene ring substituents is 3. The van der Waals surface area contributed by atoms with Crippen LogP contribution >= 0.6 is 23.2 Å². The van der Waals surface area contributed by atoms with E-state index in [0.717, 1.165) is 0 Å². The van der Waals surface area contributed by atoms with Crippen molar-refractivity contribution >= 4 is 46.0 Å². The van der Waals surface area contributed by atoms with E-state index in [4.69, 9.17) is 27.9 Å². The van der Waals surface area contributed by atoms with Gasteiger partial charge in [0.15, 0.2) is 5.69 Å². The normalized spacial score (nSPS) is 14.6. The quantitative estimate of drug-likeness (QED) is 0.584. The van der Waals surface area contributed by atoms with Crippen molar-refractivity contribution in [2.45, 2.75) is 0 Å². The summed E-state index contributed by atoms with van der Waals surface area (Å²) in [6.07, 6.45) is 0. The van der Waals surface area contributed by atoms with Gasteiger partial charge in [0.25, 0.3) is 0 Å². The maximum atomic E-state index is 11.3. The topological polar surface area (TPSA) is 142 Å². The molecule has 0 aromatic heterocycles. The zero-order chi connectivity index (χ0) is 17.3. The molecule has 0 atom stereocenters. The Hall–Kier alpha value is -2.24. The van der Waals surface area contributed by atoms with E-state index in [-0.39, 0.29) is 26.3 Å². The minimum absolute atomic E-state index is 0.117. The van der Waals surface area contributed by atoms with Gasteiger partial charge in [-0.2, -0.15) is 0 Å². The Bertz CT molecular complexity index is 664. The van der Waals surface area contributed by atoms with Gasteiger partial charge in [-0.3, -0.25) is 30.3 Å². The zero-order valence-electron chi connectivity index (χ0n) is 11.2. The van der Waals surface area contributed by atoms with Crippen LogP contribution in [-0.4, -0.2) is 41.1 Å². The second-order valence-corrected chi connectivity index (χ2v) is 5.15. The predicted octanol–water partition coefficient (Wildman–Crippen LogP) is 2.55. The van der Waals surface area contributed by atoms with Crippen molar-refractivity contribution in [3.8, 4) is 0 Å². The third-order valence-electron chi connectivity index (χ3n) is 3.16. The van der Waals surface area contributed by atoms with Crippen LogP contribution in [0.25, 0.3) is 0 Å². The van der Waals surface area contributed by atoms with Crippen LogP contribution < -0.4 is 4.90 Å². The summed E-state index contributed by atoms with van der Waals surface area (Å²) in [5.74, 6) is 0. The molecule has 1 fully saturated rings. The van der Waals surface area contributed by atoms with Crippen LogP contribution in [0.5, 0.6) is 0 Å². The molecule has 1 aliphatic heterocycles. The molecule has 0 saturated carbocycles. The summed E-state index contributed by atoms with van der Waals surface area (Å²) in [4.78, 5) is 31.9. The number of halogens is 2. The summed E-state index contributed by atoms with van der Waals surface area (Å²) in [6, 6.07) is 0. The summed E-state index contributed by atoms with van der Waals surface area (Å²) in [6.45, 7) is 0.597. The Morgan fingerprint density at radius 2 is 1.22 bits per heavy atom. The average Bonchev–Trinajstić information content (AvgIpc) is 2.46. The molecule has 0 N–H and O–H groups in total. The molecule has 124 valence electrons. The molecule has 1 heterocycles. The number of benzene rings is 1. The Morgan fingerprint density at radius 3 is 1.57 bits per heavy atom. The second kappa shape index (κ2) is 6.48. The van der Waals surface area contributed by atoms with Gasteiger partial charge in [0.2, 0.25) is 10.0 Å². The highest BCUT2D eigenvalue weighted by Crippen LogP contribution is 2.52. The van der Waals surface area contributed by atoms with E-state index in [1.807, 2.05) is 0 Å². The van der Waals surface area contributed by atoms with E-state index in [1.165, 1.54) is 4.90 Å². The Balaban J connectivity index is 2.88. The minimum atomic E-state index is -1.09. The Kier molecular flexibility index (Phi) is 4.82. The molecule has 0 amide bonds. The Morgan fingerprint density at radius 1 is 0.826 bits per heavy atom. The third-order valence-corrected chi connectivity index (χ3v) is 3.87. The van der Waals surface area contributed by atoms with Crippen LogP contribution in [0.1, 0.15) is 0 Å². The molecule has 0 spiro atoms. The number of morpholine rings is 1. The third kappa shape index (κ3) is 2.98. The zero-order valence-corrected chi connectivity index (χ0v) is 12.7. The molecular weight excluding hydrogens is 359 g/mol. The van der Waals surface area contributed by atoms with Crippen molar-refractivity contribution in [1.82, 2.24) is 0 Å². The fraction of sp³-hybridized carbons (Fsp3) is 0.400. The van der Waals surface area contributed by atoms with Crippen LogP contribution in [0.3, 0.4) is 0 Å². The molecule has 11 nitrogen and oxygen atoms in total. The lowest BCUT2D eigenvalue weighted by atomic mass is 10.1. The van der Waals surface area contributed by atoms with Crippen molar-refractivity contribution in [2.24, 2.45) is 0 Å². The summed E-state index contributed by atoms with van der Waals surface area (Å²) in [7, 11) is 0. The molecule has 23 heavy (non-hydrogen) atoms. The highest BCUT2D eigenvalue weighted by atomic mass is 35.5. The van der Waals surface area contributed by atoms with Crippen LogP contribution in [0, 0.1) is 30.3 Å². The molecule has 1 aromatic carbocycles. The first kappa shape index (κ1) is 17.1. The Labute approximate surface area is 137 Å². The maximum absolute atomic E-state index is 11.3. The van der Waals surface area contributed by atoms with E-state index in [9.17, 15) is 30.3 Å². The van der Waals surface area contributed by atoms with E-state index in [1.54, 1.807) is 0 Å². The number of nitrogens with zero attached hydrogens (tertiary/aromatic N) is 4. The summed E-state index contributed by atoms with van der Waals surface area (Å²) >= 11 is 11.5. The first-order valence-corrected chi connectivity index (χ1v) is 6.83. The van der Waals surface area contributed by atoms with E-state index in [0.29, 0.717) is 0 Å². The fourth-order valence-electron chi connectivity index (χ4n) is 2.22. The number of hydrogen-bond acceptors (Lipinski definition) is 8. The second-order valence-electron chi connectivity index (χ2n) is 4.39. The monoisotopic (exact) mass is 366 g/mol. The lowest BCUT2D eigenvalue weighted by Gasteiger charge is -2.28. The summed E-state index contributed by atoms with van der Waals surface area (Å²) in [5.41, 5.74) is -3.36. The van der Waals surface area contributed by atoms with Crippen molar-refractivity contribution < 1.29 is 19.5 Å². The standard InChI is InChI=1S/C10H8Cl2N4O7/c11-5-7(14(17)18)6(12)9(16(21)22)10(8(5)15(19)20)13-1-3-23-4-2-13/h1-4H2. The van der Waals surface area contributed by atoms with Gasteiger partial charge < -0.3 is 9.64 Å². The van der Waals surface area contributed by atoms with E-state index < -0.39 is 47.6 Å². The largest absolute Gasteiger partial charge is 0.378 e. The first-order valence-electron chi connectivity index (χ1n) is 6.08. The number of ether oxygens (including phenoxy) is 1. The van der Waals surface area contributed by atoms with Crippen LogP contribution in [-0.2, 0) is 4.74 Å². The van der Waals surface area contributed by atoms with Crippen LogP contribution in [0.2, 0.25) is 10.0 Å².